The van der Waals surface area contributed by atoms with Crippen molar-refractivity contribution in [2.45, 2.75) is 11.3 Å². The van der Waals surface area contributed by atoms with Gasteiger partial charge in [0, 0.05) is 29.7 Å². The number of amides is 1. The first-order valence-electron chi connectivity index (χ1n) is 7.66. The summed E-state index contributed by atoms with van der Waals surface area (Å²) in [5.74, 6) is -0.601. The summed E-state index contributed by atoms with van der Waals surface area (Å²) in [7, 11) is -3.62. The van der Waals surface area contributed by atoms with Gasteiger partial charge in [-0.25, -0.2) is 17.5 Å². The molecule has 3 rings (SSSR count). The topological polar surface area (TPSA) is 66.5 Å². The van der Waals surface area contributed by atoms with Gasteiger partial charge in [-0.3, -0.25) is 4.79 Å². The quantitative estimate of drug-likeness (QED) is 0.798. The predicted molar refractivity (Wildman–Crippen MR) is 96.2 cm³/mol. The first kappa shape index (κ1) is 18.0. The minimum Gasteiger partial charge on any atom is -0.312 e. The Bertz CT molecular complexity index is 870. The lowest BCUT2D eigenvalue weighted by molar-refractivity contribution is -0.117. The van der Waals surface area contributed by atoms with Crippen molar-refractivity contribution in [1.82, 2.24) is 4.72 Å². The van der Waals surface area contributed by atoms with Gasteiger partial charge in [0.15, 0.2) is 0 Å². The van der Waals surface area contributed by atoms with Gasteiger partial charge in [-0.2, -0.15) is 0 Å². The normalized spacial score (nSPS) is 17.9. The molecule has 1 saturated heterocycles. The Morgan fingerprint density at radius 3 is 2.40 bits per heavy atom. The van der Waals surface area contributed by atoms with Crippen molar-refractivity contribution in [2.75, 3.05) is 18.0 Å². The number of benzene rings is 2. The maximum atomic E-state index is 13.0. The van der Waals surface area contributed by atoms with E-state index in [1.54, 1.807) is 29.2 Å². The molecule has 5 nitrogen and oxygen atoms in total. The Balaban J connectivity index is 1.63. The summed E-state index contributed by atoms with van der Waals surface area (Å²) in [6, 6.07) is 12.0. The molecule has 0 spiro atoms. The minimum atomic E-state index is -3.62. The maximum Gasteiger partial charge on any atom is 0.240 e. The van der Waals surface area contributed by atoms with Crippen LogP contribution in [0.3, 0.4) is 0 Å². The van der Waals surface area contributed by atoms with Gasteiger partial charge in [0.25, 0.3) is 0 Å². The summed E-state index contributed by atoms with van der Waals surface area (Å²) in [5.41, 5.74) is 0.615. The molecule has 2 aromatic rings. The fourth-order valence-electron chi connectivity index (χ4n) is 2.71. The summed E-state index contributed by atoms with van der Waals surface area (Å²) < 4.78 is 41.0. The number of anilines is 1. The summed E-state index contributed by atoms with van der Waals surface area (Å²) in [5, 5.41) is 0. The standard InChI is InChI=1S/C17H16BrFN2O3S/c18-13-1-7-16(8-2-13)25(23,24)20-10-12-9-17(22)21(11-12)15-5-3-14(19)4-6-15/h1-8,12,20H,9-11H2/t12-/m1/s1. The molecule has 8 heteroatoms. The third kappa shape index (κ3) is 4.26. The van der Waals surface area contributed by atoms with Crippen molar-refractivity contribution < 1.29 is 17.6 Å². The highest BCUT2D eigenvalue weighted by molar-refractivity contribution is 9.10. The largest absolute Gasteiger partial charge is 0.312 e. The lowest BCUT2D eigenvalue weighted by Gasteiger charge is -2.17. The van der Waals surface area contributed by atoms with Crippen LogP contribution in [0.5, 0.6) is 0 Å². The Hall–Kier alpha value is -1.77. The molecule has 1 N–H and O–H groups in total. The second kappa shape index (κ2) is 7.23. The van der Waals surface area contributed by atoms with Crippen LogP contribution < -0.4 is 9.62 Å². The number of carbonyl (C=O) groups is 1. The molecule has 0 saturated carbocycles. The van der Waals surface area contributed by atoms with Gasteiger partial charge < -0.3 is 4.90 Å². The van der Waals surface area contributed by atoms with E-state index in [0.29, 0.717) is 12.2 Å². The number of hydrogen-bond donors (Lipinski definition) is 1. The highest BCUT2D eigenvalue weighted by Gasteiger charge is 2.31. The van der Waals surface area contributed by atoms with E-state index in [9.17, 15) is 17.6 Å². The van der Waals surface area contributed by atoms with E-state index in [2.05, 4.69) is 20.7 Å². The van der Waals surface area contributed by atoms with Gasteiger partial charge >= 0.3 is 0 Å². The summed E-state index contributed by atoms with van der Waals surface area (Å²) in [6.07, 6.45) is 0.250. The van der Waals surface area contributed by atoms with Crippen molar-refractivity contribution in [3.8, 4) is 0 Å². The van der Waals surface area contributed by atoms with Crippen LogP contribution in [-0.4, -0.2) is 27.4 Å². The van der Waals surface area contributed by atoms with Gasteiger partial charge in [-0.15, -0.1) is 0 Å². The molecule has 1 fully saturated rings. The van der Waals surface area contributed by atoms with Crippen LogP contribution in [0.15, 0.2) is 57.9 Å². The fourth-order valence-corrected chi connectivity index (χ4v) is 4.09. The molecule has 0 unspecified atom stereocenters. The van der Waals surface area contributed by atoms with Gasteiger partial charge in [-0.05, 0) is 54.4 Å². The summed E-state index contributed by atoms with van der Waals surface area (Å²) in [6.45, 7) is 0.565. The molecule has 1 aliphatic heterocycles. The number of carbonyl (C=O) groups excluding carboxylic acids is 1. The smallest absolute Gasteiger partial charge is 0.240 e. The first-order chi connectivity index (χ1) is 11.8. The van der Waals surface area contributed by atoms with E-state index in [-0.39, 0.29) is 35.5 Å². The number of nitrogens with zero attached hydrogens (tertiary/aromatic N) is 1. The van der Waals surface area contributed by atoms with Crippen LogP contribution in [0.4, 0.5) is 10.1 Å². The van der Waals surface area contributed by atoms with Gasteiger partial charge in [0.1, 0.15) is 5.82 Å². The molecular formula is C17H16BrFN2O3S. The van der Waals surface area contributed by atoms with E-state index in [0.717, 1.165) is 4.47 Å². The zero-order valence-corrected chi connectivity index (χ0v) is 15.6. The number of sulfonamides is 1. The zero-order chi connectivity index (χ0) is 18.0. The van der Waals surface area contributed by atoms with Crippen LogP contribution >= 0.6 is 15.9 Å². The Kier molecular flexibility index (Phi) is 5.21. The highest BCUT2D eigenvalue weighted by atomic mass is 79.9. The highest BCUT2D eigenvalue weighted by Crippen LogP contribution is 2.25. The average molecular weight is 427 g/mol. The Labute approximate surface area is 154 Å². The molecule has 1 amide bonds. The van der Waals surface area contributed by atoms with Crippen LogP contribution in [0, 0.1) is 11.7 Å². The summed E-state index contributed by atoms with van der Waals surface area (Å²) in [4.78, 5) is 13.9. The van der Waals surface area contributed by atoms with Crippen LogP contribution in [0.25, 0.3) is 0 Å². The maximum absolute atomic E-state index is 13.0. The van der Waals surface area contributed by atoms with Gasteiger partial charge in [-0.1, -0.05) is 15.9 Å². The average Bonchev–Trinajstić information content (AvgIpc) is 2.95. The van der Waals surface area contributed by atoms with E-state index in [4.69, 9.17) is 0 Å². The molecule has 25 heavy (non-hydrogen) atoms. The lowest BCUT2D eigenvalue weighted by Crippen LogP contribution is -2.31. The Morgan fingerprint density at radius 2 is 1.76 bits per heavy atom. The molecule has 0 aromatic heterocycles. The van der Waals surface area contributed by atoms with Crippen LogP contribution in [0.2, 0.25) is 0 Å². The third-order valence-electron chi connectivity index (χ3n) is 4.03. The minimum absolute atomic E-state index is 0.0977. The van der Waals surface area contributed by atoms with Crippen molar-refractivity contribution in [1.29, 1.82) is 0 Å². The van der Waals surface area contributed by atoms with Crippen LogP contribution in [-0.2, 0) is 14.8 Å². The molecule has 1 aliphatic rings. The molecule has 1 heterocycles. The predicted octanol–water partition coefficient (Wildman–Crippen LogP) is 2.92. The fraction of sp³-hybridized carbons (Fsp3) is 0.235. The molecule has 0 aliphatic carbocycles. The van der Waals surface area contributed by atoms with E-state index in [1.165, 1.54) is 24.3 Å². The van der Waals surface area contributed by atoms with Crippen molar-refractivity contribution in [3.63, 3.8) is 0 Å². The van der Waals surface area contributed by atoms with Gasteiger partial charge in [0.2, 0.25) is 15.9 Å². The van der Waals surface area contributed by atoms with Crippen molar-refractivity contribution in [3.05, 3.63) is 58.8 Å². The van der Waals surface area contributed by atoms with E-state index in [1.807, 2.05) is 0 Å². The van der Waals surface area contributed by atoms with E-state index >= 15 is 0 Å². The number of nitrogens with one attached hydrogen (secondary N) is 1. The zero-order valence-electron chi connectivity index (χ0n) is 13.2. The van der Waals surface area contributed by atoms with Crippen LogP contribution in [0.1, 0.15) is 6.42 Å². The first-order valence-corrected chi connectivity index (χ1v) is 9.94. The third-order valence-corrected chi connectivity index (χ3v) is 6.00. The number of rotatable bonds is 5. The van der Waals surface area contributed by atoms with Crippen molar-refractivity contribution in [2.24, 2.45) is 5.92 Å². The lowest BCUT2D eigenvalue weighted by atomic mass is 10.1. The molecule has 2 aromatic carbocycles. The second-order valence-corrected chi connectivity index (χ2v) is 8.54. The molecule has 1 atom stereocenters. The second-order valence-electron chi connectivity index (χ2n) is 5.86. The van der Waals surface area contributed by atoms with Gasteiger partial charge in [0.05, 0.1) is 4.90 Å². The number of halogens is 2. The summed E-state index contributed by atoms with van der Waals surface area (Å²) >= 11 is 3.26. The molecule has 0 bridgehead atoms. The molecular weight excluding hydrogens is 411 g/mol. The SMILES string of the molecule is O=C1C[C@H](CNS(=O)(=O)c2ccc(Br)cc2)CN1c1ccc(F)cc1. The monoisotopic (exact) mass is 426 g/mol. The van der Waals surface area contributed by atoms with E-state index < -0.39 is 10.0 Å². The Morgan fingerprint density at radius 1 is 1.12 bits per heavy atom. The molecule has 132 valence electrons. The number of hydrogen-bond acceptors (Lipinski definition) is 3. The van der Waals surface area contributed by atoms with Crippen molar-refractivity contribution >= 4 is 37.5 Å². The molecule has 0 radical (unpaired) electrons.